The topological polar surface area (TPSA) is 78.4 Å². The largest absolute Gasteiger partial charge is 0.481 e. The fraction of sp³-hybridized carbons (Fsp3) is 0.323. The summed E-state index contributed by atoms with van der Waals surface area (Å²) in [5.74, 6) is -1.31. The van der Waals surface area contributed by atoms with Gasteiger partial charge in [0.1, 0.15) is 5.41 Å². The van der Waals surface area contributed by atoms with Crippen molar-refractivity contribution in [2.75, 3.05) is 6.54 Å². The molecular formula is C31H36N2O3S. The monoisotopic (exact) mass is 516 g/mol. The van der Waals surface area contributed by atoms with Crippen molar-refractivity contribution in [2.45, 2.75) is 56.9 Å². The number of rotatable bonds is 14. The van der Waals surface area contributed by atoms with Gasteiger partial charge < -0.3 is 15.7 Å². The Morgan fingerprint density at radius 3 is 2.03 bits per heavy atom. The van der Waals surface area contributed by atoms with Crippen molar-refractivity contribution in [3.05, 3.63) is 108 Å². The summed E-state index contributed by atoms with van der Waals surface area (Å²) in [6.07, 6.45) is 3.22. The van der Waals surface area contributed by atoms with Gasteiger partial charge in [0.25, 0.3) is 0 Å². The molecular weight excluding hydrogens is 480 g/mol. The van der Waals surface area contributed by atoms with E-state index in [-0.39, 0.29) is 12.3 Å². The van der Waals surface area contributed by atoms with Gasteiger partial charge in [0.05, 0.1) is 11.0 Å². The fourth-order valence-electron chi connectivity index (χ4n) is 4.68. The Morgan fingerprint density at radius 1 is 0.892 bits per heavy atom. The molecule has 37 heavy (non-hydrogen) atoms. The molecule has 3 rings (SSSR count). The Bertz CT molecular complexity index is 1140. The van der Waals surface area contributed by atoms with E-state index in [2.05, 4.69) is 22.8 Å². The van der Waals surface area contributed by atoms with Gasteiger partial charge in [0.2, 0.25) is 5.91 Å². The van der Waals surface area contributed by atoms with Crippen LogP contribution >= 0.6 is 12.2 Å². The number of amides is 1. The molecule has 0 aliphatic rings. The van der Waals surface area contributed by atoms with E-state index in [1.54, 1.807) is 12.1 Å². The maximum absolute atomic E-state index is 13.4. The molecule has 0 aliphatic heterocycles. The number of carbonyl (C=O) groups is 2. The van der Waals surface area contributed by atoms with Crippen LogP contribution in [0.15, 0.2) is 91.0 Å². The second-order valence-electron chi connectivity index (χ2n) is 9.37. The molecule has 0 spiro atoms. The first kappa shape index (κ1) is 28.1. The van der Waals surface area contributed by atoms with Crippen LogP contribution in [0.5, 0.6) is 0 Å². The minimum Gasteiger partial charge on any atom is -0.481 e. The second kappa shape index (κ2) is 14.3. The van der Waals surface area contributed by atoms with Crippen LogP contribution < -0.4 is 10.6 Å². The minimum absolute atomic E-state index is 0.151. The van der Waals surface area contributed by atoms with E-state index in [0.717, 1.165) is 18.4 Å². The third kappa shape index (κ3) is 8.25. The number of carboxylic acids is 1. The van der Waals surface area contributed by atoms with Crippen molar-refractivity contribution in [2.24, 2.45) is 0 Å². The fourth-order valence-corrected chi connectivity index (χ4v) is 4.92. The van der Waals surface area contributed by atoms with Crippen molar-refractivity contribution in [3.8, 4) is 0 Å². The Balaban J connectivity index is 1.71. The number of aryl methyl sites for hydroxylation is 1. The molecule has 194 valence electrons. The van der Waals surface area contributed by atoms with E-state index in [0.29, 0.717) is 36.4 Å². The number of thiocarbonyl (C=S) groups is 1. The van der Waals surface area contributed by atoms with Crippen LogP contribution in [0.4, 0.5) is 0 Å². The van der Waals surface area contributed by atoms with Crippen LogP contribution in [-0.2, 0) is 27.8 Å². The predicted molar refractivity (Wildman–Crippen MR) is 153 cm³/mol. The molecule has 0 aromatic heterocycles. The number of carboxylic acid groups (broad SMARTS) is 1. The SMILES string of the molecule is CCC[C@](CC(=O)N[C@@H](Cc1ccccc1)C(=S)NCCCc1ccccc1)(C(=O)O)c1ccccc1. The van der Waals surface area contributed by atoms with Crippen LogP contribution in [0.25, 0.3) is 0 Å². The van der Waals surface area contributed by atoms with Gasteiger partial charge in [0, 0.05) is 13.0 Å². The summed E-state index contributed by atoms with van der Waals surface area (Å²) >= 11 is 5.72. The van der Waals surface area contributed by atoms with E-state index >= 15 is 0 Å². The maximum Gasteiger partial charge on any atom is 0.314 e. The van der Waals surface area contributed by atoms with Crippen molar-refractivity contribution in [1.29, 1.82) is 0 Å². The van der Waals surface area contributed by atoms with Crippen molar-refractivity contribution < 1.29 is 14.7 Å². The van der Waals surface area contributed by atoms with Crippen LogP contribution in [0.1, 0.15) is 49.3 Å². The molecule has 6 heteroatoms. The number of carbonyl (C=O) groups excluding carboxylic acids is 1. The van der Waals surface area contributed by atoms with Gasteiger partial charge in [-0.25, -0.2) is 0 Å². The molecule has 0 saturated heterocycles. The molecule has 0 radical (unpaired) electrons. The lowest BCUT2D eigenvalue weighted by molar-refractivity contribution is -0.146. The number of hydrogen-bond acceptors (Lipinski definition) is 3. The van der Waals surface area contributed by atoms with Gasteiger partial charge in [-0.15, -0.1) is 0 Å². The molecule has 3 aromatic carbocycles. The number of benzene rings is 3. The summed E-state index contributed by atoms with van der Waals surface area (Å²) < 4.78 is 0. The molecule has 3 N–H and O–H groups in total. The lowest BCUT2D eigenvalue weighted by Gasteiger charge is -2.30. The third-order valence-electron chi connectivity index (χ3n) is 6.59. The number of nitrogens with one attached hydrogen (secondary N) is 2. The van der Waals surface area contributed by atoms with Crippen LogP contribution in [0.3, 0.4) is 0 Å². The zero-order chi connectivity index (χ0) is 26.5. The van der Waals surface area contributed by atoms with E-state index in [1.165, 1.54) is 5.56 Å². The molecule has 0 aliphatic carbocycles. The summed E-state index contributed by atoms with van der Waals surface area (Å²) in [6.45, 7) is 2.62. The van der Waals surface area contributed by atoms with E-state index in [4.69, 9.17) is 12.2 Å². The first-order valence-corrected chi connectivity index (χ1v) is 13.3. The van der Waals surface area contributed by atoms with Crippen molar-refractivity contribution >= 4 is 29.1 Å². The quantitative estimate of drug-likeness (QED) is 0.195. The number of aliphatic carboxylic acids is 1. The zero-order valence-electron chi connectivity index (χ0n) is 21.4. The van der Waals surface area contributed by atoms with Gasteiger partial charge in [-0.2, -0.15) is 0 Å². The van der Waals surface area contributed by atoms with Crippen LogP contribution in [0.2, 0.25) is 0 Å². The summed E-state index contributed by atoms with van der Waals surface area (Å²) in [7, 11) is 0. The first-order valence-electron chi connectivity index (χ1n) is 12.9. The molecule has 0 bridgehead atoms. The molecule has 3 aromatic rings. The Kier molecular flexibility index (Phi) is 10.8. The number of hydrogen-bond donors (Lipinski definition) is 3. The Morgan fingerprint density at radius 2 is 1.46 bits per heavy atom. The molecule has 0 fully saturated rings. The molecule has 5 nitrogen and oxygen atoms in total. The van der Waals surface area contributed by atoms with Crippen LogP contribution in [-0.4, -0.2) is 34.6 Å². The van der Waals surface area contributed by atoms with E-state index < -0.39 is 17.4 Å². The predicted octanol–water partition coefficient (Wildman–Crippen LogP) is 5.48. The Labute approximate surface area is 225 Å². The summed E-state index contributed by atoms with van der Waals surface area (Å²) in [6, 6.07) is 28.7. The average Bonchev–Trinajstić information content (AvgIpc) is 2.92. The van der Waals surface area contributed by atoms with E-state index in [1.807, 2.05) is 73.7 Å². The first-order chi connectivity index (χ1) is 17.9. The van der Waals surface area contributed by atoms with Gasteiger partial charge in [-0.3, -0.25) is 9.59 Å². The third-order valence-corrected chi connectivity index (χ3v) is 7.02. The lowest BCUT2D eigenvalue weighted by Crippen LogP contribution is -2.50. The zero-order valence-corrected chi connectivity index (χ0v) is 22.2. The standard InChI is InChI=1S/C31H36N2O3S/c1-2-20-31(30(35)36,26-18-10-5-11-19-26)23-28(34)33-27(22-25-15-8-4-9-16-25)29(37)32-21-12-17-24-13-6-3-7-14-24/h3-11,13-16,18-19,27H,2,12,17,20-23H2,1H3,(H,32,37)(H,33,34)(H,35,36)/t27-,31+/m0/s1. The highest BCUT2D eigenvalue weighted by Gasteiger charge is 2.42. The highest BCUT2D eigenvalue weighted by atomic mass is 32.1. The van der Waals surface area contributed by atoms with Crippen molar-refractivity contribution in [3.63, 3.8) is 0 Å². The summed E-state index contributed by atoms with van der Waals surface area (Å²) in [4.78, 5) is 26.5. The maximum atomic E-state index is 13.4. The van der Waals surface area contributed by atoms with Gasteiger partial charge in [0.15, 0.2) is 0 Å². The lowest BCUT2D eigenvalue weighted by atomic mass is 9.74. The van der Waals surface area contributed by atoms with Crippen molar-refractivity contribution in [1.82, 2.24) is 10.6 Å². The molecule has 0 heterocycles. The summed E-state index contributed by atoms with van der Waals surface area (Å²) in [5.41, 5.74) is 1.66. The van der Waals surface area contributed by atoms with Gasteiger partial charge >= 0.3 is 5.97 Å². The average molecular weight is 517 g/mol. The normalized spacial score (nSPS) is 13.2. The van der Waals surface area contributed by atoms with Crippen LogP contribution in [0, 0.1) is 0 Å². The van der Waals surface area contributed by atoms with E-state index in [9.17, 15) is 14.7 Å². The minimum atomic E-state index is -1.29. The smallest absolute Gasteiger partial charge is 0.314 e. The molecule has 2 atom stereocenters. The Hall–Kier alpha value is -3.51. The highest BCUT2D eigenvalue weighted by molar-refractivity contribution is 7.80. The molecule has 0 saturated carbocycles. The second-order valence-corrected chi connectivity index (χ2v) is 9.81. The molecule has 1 amide bonds. The summed E-state index contributed by atoms with van der Waals surface area (Å²) in [5, 5.41) is 16.6. The highest BCUT2D eigenvalue weighted by Crippen LogP contribution is 2.33. The van der Waals surface area contributed by atoms with Gasteiger partial charge in [-0.05, 0) is 42.4 Å². The molecule has 0 unspecified atom stereocenters. The van der Waals surface area contributed by atoms with Gasteiger partial charge in [-0.1, -0.05) is 117 Å².